The molecule has 4 nitrogen and oxygen atoms in total. The summed E-state index contributed by atoms with van der Waals surface area (Å²) in [4.78, 5) is 18.1. The van der Waals surface area contributed by atoms with Gasteiger partial charge in [-0.25, -0.2) is 4.98 Å². The topological polar surface area (TPSA) is 52.1 Å². The second-order valence-electron chi connectivity index (χ2n) is 2.73. The highest BCUT2D eigenvalue weighted by molar-refractivity contribution is 6.30. The maximum atomic E-state index is 10.4. The zero-order valence-electron chi connectivity index (χ0n) is 6.79. The Bertz CT molecular complexity index is 354. The van der Waals surface area contributed by atoms with Crippen molar-refractivity contribution in [1.82, 2.24) is 9.97 Å². The van der Waals surface area contributed by atoms with Crippen LogP contribution < -0.4 is 4.74 Å². The zero-order valence-corrected chi connectivity index (χ0v) is 7.54. The van der Waals surface area contributed by atoms with Crippen LogP contribution in [0, 0.1) is 0 Å². The molecule has 0 radical (unpaired) electrons. The molecule has 1 aliphatic rings. The maximum absolute atomic E-state index is 10.4. The van der Waals surface area contributed by atoms with Crippen molar-refractivity contribution < 1.29 is 9.53 Å². The molecule has 1 aliphatic heterocycles. The van der Waals surface area contributed by atoms with Crippen LogP contribution >= 0.6 is 11.6 Å². The van der Waals surface area contributed by atoms with Crippen molar-refractivity contribution in [3.8, 4) is 5.88 Å². The lowest BCUT2D eigenvalue weighted by Crippen LogP contribution is -2.12. The number of carbonyl (C=O) groups excluding carboxylic acids is 1. The Morgan fingerprint density at radius 2 is 2.31 bits per heavy atom. The van der Waals surface area contributed by atoms with Crippen LogP contribution in [0.5, 0.6) is 5.88 Å². The molecule has 2 rings (SSSR count). The van der Waals surface area contributed by atoms with Crippen molar-refractivity contribution in [2.24, 2.45) is 0 Å². The lowest BCUT2D eigenvalue weighted by molar-refractivity contribution is 0.111. The molecular formula is C8H7ClN2O2. The fraction of sp³-hybridized carbons (Fsp3) is 0.375. The smallest absolute Gasteiger partial charge is 0.221 e. The molecule has 0 amide bonds. The number of hydrogen-bond donors (Lipinski definition) is 0. The van der Waals surface area contributed by atoms with E-state index in [4.69, 9.17) is 16.3 Å². The van der Waals surface area contributed by atoms with E-state index in [1.54, 1.807) is 0 Å². The number of fused-ring (bicyclic) bond motifs is 1. The van der Waals surface area contributed by atoms with Gasteiger partial charge >= 0.3 is 0 Å². The minimum atomic E-state index is 0.0747. The van der Waals surface area contributed by atoms with Gasteiger partial charge in [0.1, 0.15) is 5.15 Å². The van der Waals surface area contributed by atoms with E-state index >= 15 is 0 Å². The molecule has 0 saturated carbocycles. The van der Waals surface area contributed by atoms with Crippen molar-refractivity contribution in [3.05, 3.63) is 16.5 Å². The minimum absolute atomic E-state index is 0.0747. The number of rotatable bonds is 1. The Balaban J connectivity index is 2.52. The van der Waals surface area contributed by atoms with Crippen LogP contribution in [0.1, 0.15) is 22.6 Å². The van der Waals surface area contributed by atoms with Gasteiger partial charge in [-0.3, -0.25) is 4.79 Å². The molecule has 1 aromatic heterocycles. The van der Waals surface area contributed by atoms with Crippen LogP contribution in [0.15, 0.2) is 0 Å². The van der Waals surface area contributed by atoms with Crippen molar-refractivity contribution in [2.45, 2.75) is 12.8 Å². The summed E-state index contributed by atoms with van der Waals surface area (Å²) in [5.41, 5.74) is 0.804. The van der Waals surface area contributed by atoms with Gasteiger partial charge in [-0.2, -0.15) is 4.98 Å². The Hall–Kier alpha value is -1.16. The van der Waals surface area contributed by atoms with Crippen LogP contribution in [0.3, 0.4) is 0 Å². The number of hydrogen-bond acceptors (Lipinski definition) is 4. The Morgan fingerprint density at radius 1 is 1.46 bits per heavy atom. The number of nitrogens with zero attached hydrogens (tertiary/aromatic N) is 2. The van der Waals surface area contributed by atoms with Gasteiger partial charge < -0.3 is 4.74 Å². The van der Waals surface area contributed by atoms with E-state index in [0.717, 1.165) is 18.4 Å². The third kappa shape index (κ3) is 1.49. The molecule has 5 heteroatoms. The molecule has 1 aromatic rings. The van der Waals surface area contributed by atoms with Gasteiger partial charge in [0, 0.05) is 0 Å². The Kier molecular flexibility index (Phi) is 2.14. The van der Waals surface area contributed by atoms with E-state index in [-0.39, 0.29) is 5.82 Å². The minimum Gasteiger partial charge on any atom is -0.477 e. The van der Waals surface area contributed by atoms with Gasteiger partial charge in [-0.1, -0.05) is 11.6 Å². The largest absolute Gasteiger partial charge is 0.477 e. The third-order valence-corrected chi connectivity index (χ3v) is 2.16. The van der Waals surface area contributed by atoms with E-state index in [0.29, 0.717) is 23.9 Å². The van der Waals surface area contributed by atoms with Crippen molar-refractivity contribution in [3.63, 3.8) is 0 Å². The summed E-state index contributed by atoms with van der Waals surface area (Å²) < 4.78 is 5.25. The number of aldehydes is 1. The Morgan fingerprint density at radius 3 is 3.08 bits per heavy atom. The zero-order chi connectivity index (χ0) is 9.26. The number of ether oxygens (including phenoxy) is 1. The van der Waals surface area contributed by atoms with Crippen molar-refractivity contribution in [1.29, 1.82) is 0 Å². The van der Waals surface area contributed by atoms with Gasteiger partial charge in [-0.05, 0) is 12.8 Å². The molecule has 0 saturated heterocycles. The summed E-state index contributed by atoms with van der Waals surface area (Å²) in [5, 5.41) is 0.326. The summed E-state index contributed by atoms with van der Waals surface area (Å²) in [6, 6.07) is 0. The van der Waals surface area contributed by atoms with Gasteiger partial charge in [0.2, 0.25) is 5.88 Å². The number of carbonyl (C=O) groups is 1. The molecule has 13 heavy (non-hydrogen) atoms. The van der Waals surface area contributed by atoms with Gasteiger partial charge in [0.15, 0.2) is 12.1 Å². The van der Waals surface area contributed by atoms with Crippen molar-refractivity contribution >= 4 is 17.9 Å². The maximum Gasteiger partial charge on any atom is 0.221 e. The predicted molar refractivity (Wildman–Crippen MR) is 46.2 cm³/mol. The molecule has 0 aromatic carbocycles. The van der Waals surface area contributed by atoms with Crippen LogP contribution in [0.25, 0.3) is 0 Å². The summed E-state index contributed by atoms with van der Waals surface area (Å²) in [5.74, 6) is 0.527. The summed E-state index contributed by atoms with van der Waals surface area (Å²) in [7, 11) is 0. The molecule has 68 valence electrons. The van der Waals surface area contributed by atoms with Gasteiger partial charge in [0.25, 0.3) is 0 Å². The third-order valence-electron chi connectivity index (χ3n) is 1.85. The molecule has 2 heterocycles. The lowest BCUT2D eigenvalue weighted by atomic mass is 10.1. The molecule has 0 fully saturated rings. The molecular weight excluding hydrogens is 192 g/mol. The average Bonchev–Trinajstić information content (AvgIpc) is 2.18. The van der Waals surface area contributed by atoms with E-state index in [1.165, 1.54) is 0 Å². The fourth-order valence-electron chi connectivity index (χ4n) is 1.25. The first-order valence-electron chi connectivity index (χ1n) is 3.95. The van der Waals surface area contributed by atoms with Crippen molar-refractivity contribution in [2.75, 3.05) is 6.61 Å². The normalized spacial score (nSPS) is 14.5. The second-order valence-corrected chi connectivity index (χ2v) is 3.08. The molecule has 0 spiro atoms. The van der Waals surface area contributed by atoms with Crippen LogP contribution in [0.2, 0.25) is 5.15 Å². The highest BCUT2D eigenvalue weighted by Gasteiger charge is 2.17. The lowest BCUT2D eigenvalue weighted by Gasteiger charge is -2.16. The van der Waals surface area contributed by atoms with Crippen LogP contribution in [-0.2, 0) is 6.42 Å². The second kappa shape index (κ2) is 3.30. The van der Waals surface area contributed by atoms with Gasteiger partial charge in [0.05, 0.1) is 12.2 Å². The highest BCUT2D eigenvalue weighted by atomic mass is 35.5. The SMILES string of the molecule is O=Cc1nc(Cl)c2c(n1)OCCC2. The van der Waals surface area contributed by atoms with E-state index < -0.39 is 0 Å². The summed E-state index contributed by atoms with van der Waals surface area (Å²) in [6.07, 6.45) is 2.29. The van der Waals surface area contributed by atoms with Crippen LogP contribution in [-0.4, -0.2) is 22.9 Å². The first-order chi connectivity index (χ1) is 6.31. The van der Waals surface area contributed by atoms with E-state index in [2.05, 4.69) is 9.97 Å². The molecule has 0 unspecified atom stereocenters. The average molecular weight is 199 g/mol. The molecule has 0 N–H and O–H groups in total. The molecule has 0 aliphatic carbocycles. The fourth-order valence-corrected chi connectivity index (χ4v) is 1.51. The number of halogens is 1. The van der Waals surface area contributed by atoms with Gasteiger partial charge in [-0.15, -0.1) is 0 Å². The first-order valence-corrected chi connectivity index (χ1v) is 4.33. The number of aromatic nitrogens is 2. The summed E-state index contributed by atoms with van der Waals surface area (Å²) >= 11 is 5.84. The van der Waals surface area contributed by atoms with Crippen LogP contribution in [0.4, 0.5) is 0 Å². The predicted octanol–water partition coefficient (Wildman–Crippen LogP) is 1.27. The quantitative estimate of drug-likeness (QED) is 0.504. The van der Waals surface area contributed by atoms with E-state index in [1.807, 2.05) is 0 Å². The summed E-state index contributed by atoms with van der Waals surface area (Å²) in [6.45, 7) is 0.624. The highest BCUT2D eigenvalue weighted by Crippen LogP contribution is 2.27. The molecule has 0 bridgehead atoms. The van der Waals surface area contributed by atoms with E-state index in [9.17, 15) is 4.79 Å². The Labute approximate surface area is 79.9 Å². The first kappa shape index (κ1) is 8.44. The molecule has 0 atom stereocenters. The monoisotopic (exact) mass is 198 g/mol. The standard InChI is InChI=1S/C8H7ClN2O2/c9-7-5-2-1-3-13-8(5)11-6(4-12)10-7/h4H,1-3H2.